The van der Waals surface area contributed by atoms with E-state index in [-0.39, 0.29) is 24.1 Å². The molecule has 0 saturated heterocycles. The molecule has 4 atom stereocenters. The molecule has 2 nitrogen and oxygen atoms in total. The van der Waals surface area contributed by atoms with E-state index in [9.17, 15) is 4.39 Å². The zero-order valence-corrected chi connectivity index (χ0v) is 13.4. The molecule has 4 unspecified atom stereocenters. The first-order valence-electron chi connectivity index (χ1n) is 8.16. The summed E-state index contributed by atoms with van der Waals surface area (Å²) in [6.45, 7) is 6.56. The maximum absolute atomic E-state index is 14.1. The van der Waals surface area contributed by atoms with E-state index in [0.29, 0.717) is 17.4 Å². The normalized spacial score (nSPS) is 29.1. The Kier molecular flexibility index (Phi) is 5.77. The predicted octanol–water partition coefficient (Wildman–Crippen LogP) is 4.45. The molecule has 2 N–H and O–H groups in total. The summed E-state index contributed by atoms with van der Waals surface area (Å²) in [6.07, 6.45) is 3.96. The van der Waals surface area contributed by atoms with Gasteiger partial charge in [0.05, 0.1) is 6.10 Å². The van der Waals surface area contributed by atoms with E-state index < -0.39 is 0 Å². The van der Waals surface area contributed by atoms with E-state index >= 15 is 0 Å². The largest absolute Gasteiger partial charge is 0.369 e. The van der Waals surface area contributed by atoms with Crippen molar-refractivity contribution in [1.82, 2.24) is 0 Å². The quantitative estimate of drug-likeness (QED) is 0.870. The topological polar surface area (TPSA) is 35.2 Å². The number of halogens is 1. The molecule has 21 heavy (non-hydrogen) atoms. The highest BCUT2D eigenvalue weighted by atomic mass is 19.1. The van der Waals surface area contributed by atoms with Gasteiger partial charge < -0.3 is 10.5 Å². The molecule has 0 aromatic heterocycles. The van der Waals surface area contributed by atoms with Crippen molar-refractivity contribution in [3.8, 4) is 0 Å². The maximum atomic E-state index is 14.1. The summed E-state index contributed by atoms with van der Waals surface area (Å²) in [4.78, 5) is 0. The number of nitrogens with two attached hydrogens (primary N) is 1. The van der Waals surface area contributed by atoms with Gasteiger partial charge in [-0.25, -0.2) is 4.39 Å². The van der Waals surface area contributed by atoms with Gasteiger partial charge in [-0.1, -0.05) is 39.0 Å². The van der Waals surface area contributed by atoms with Crippen molar-refractivity contribution in [2.75, 3.05) is 0 Å². The van der Waals surface area contributed by atoms with Gasteiger partial charge in [0, 0.05) is 11.6 Å². The van der Waals surface area contributed by atoms with E-state index in [1.165, 1.54) is 12.5 Å². The second-order valence-electron chi connectivity index (χ2n) is 6.69. The van der Waals surface area contributed by atoms with Crippen molar-refractivity contribution in [1.29, 1.82) is 0 Å². The molecule has 0 spiro atoms. The summed E-state index contributed by atoms with van der Waals surface area (Å²) in [5.74, 6) is 1.11. The third-order valence-electron chi connectivity index (χ3n) is 4.55. The van der Waals surface area contributed by atoms with E-state index in [4.69, 9.17) is 10.5 Å². The first-order chi connectivity index (χ1) is 10.0. The molecular formula is C18H28FNO. The van der Waals surface area contributed by atoms with Crippen LogP contribution in [0.5, 0.6) is 0 Å². The first kappa shape index (κ1) is 16.4. The molecule has 1 fully saturated rings. The summed E-state index contributed by atoms with van der Waals surface area (Å²) in [5.41, 5.74) is 6.81. The van der Waals surface area contributed by atoms with Gasteiger partial charge in [-0.15, -0.1) is 0 Å². The number of ether oxygens (including phenoxy) is 1. The first-order valence-corrected chi connectivity index (χ1v) is 8.16. The standard InChI is InChI=1S/C18H28FNO/c1-4-17(20)18(15-7-5-6-8-16(15)19)21-14-10-12(2)9-13(3)11-14/h5-8,12-14,17-18H,4,9-11,20H2,1-3H3. The molecule has 118 valence electrons. The highest BCUT2D eigenvalue weighted by Crippen LogP contribution is 2.35. The molecule has 2 rings (SSSR count). The average molecular weight is 293 g/mol. The minimum Gasteiger partial charge on any atom is -0.369 e. The van der Waals surface area contributed by atoms with Gasteiger partial charge in [0.1, 0.15) is 11.9 Å². The lowest BCUT2D eigenvalue weighted by molar-refractivity contribution is -0.0623. The molecule has 3 heteroatoms. The molecule has 1 aromatic carbocycles. The van der Waals surface area contributed by atoms with Crippen LogP contribution in [0.2, 0.25) is 0 Å². The molecular weight excluding hydrogens is 265 g/mol. The summed E-state index contributed by atoms with van der Waals surface area (Å²) in [6, 6.07) is 6.67. The van der Waals surface area contributed by atoms with Crippen LogP contribution in [0.3, 0.4) is 0 Å². The van der Waals surface area contributed by atoms with Crippen LogP contribution in [0.25, 0.3) is 0 Å². The van der Waals surface area contributed by atoms with Crippen LogP contribution in [0.4, 0.5) is 4.39 Å². The molecule has 0 bridgehead atoms. The van der Waals surface area contributed by atoms with Crippen LogP contribution in [-0.2, 0) is 4.74 Å². The zero-order chi connectivity index (χ0) is 15.4. The number of benzene rings is 1. The lowest BCUT2D eigenvalue weighted by atomic mass is 9.81. The third-order valence-corrected chi connectivity index (χ3v) is 4.55. The van der Waals surface area contributed by atoms with Crippen molar-refractivity contribution in [2.24, 2.45) is 17.6 Å². The fourth-order valence-corrected chi connectivity index (χ4v) is 3.52. The van der Waals surface area contributed by atoms with Gasteiger partial charge in [-0.3, -0.25) is 0 Å². The van der Waals surface area contributed by atoms with Gasteiger partial charge in [0.15, 0.2) is 0 Å². The summed E-state index contributed by atoms with van der Waals surface area (Å²) in [7, 11) is 0. The van der Waals surface area contributed by atoms with Crippen LogP contribution < -0.4 is 5.73 Å². The van der Waals surface area contributed by atoms with E-state index in [1.807, 2.05) is 13.0 Å². The number of hydrogen-bond acceptors (Lipinski definition) is 2. The Labute approximate surface area is 127 Å². The van der Waals surface area contributed by atoms with E-state index in [1.54, 1.807) is 12.1 Å². The second-order valence-corrected chi connectivity index (χ2v) is 6.69. The van der Waals surface area contributed by atoms with Gasteiger partial charge in [-0.2, -0.15) is 0 Å². The molecule has 1 saturated carbocycles. The predicted molar refractivity (Wildman–Crippen MR) is 84.5 cm³/mol. The minimum absolute atomic E-state index is 0.172. The molecule has 1 aliphatic carbocycles. The van der Waals surface area contributed by atoms with Crippen molar-refractivity contribution >= 4 is 0 Å². The number of hydrogen-bond donors (Lipinski definition) is 1. The Morgan fingerprint density at radius 2 is 1.81 bits per heavy atom. The Balaban J connectivity index is 2.15. The van der Waals surface area contributed by atoms with Crippen LogP contribution >= 0.6 is 0 Å². The summed E-state index contributed by atoms with van der Waals surface area (Å²) >= 11 is 0. The highest BCUT2D eigenvalue weighted by Gasteiger charge is 2.30. The van der Waals surface area contributed by atoms with Gasteiger partial charge in [0.2, 0.25) is 0 Å². The molecule has 0 aliphatic heterocycles. The lowest BCUT2D eigenvalue weighted by Crippen LogP contribution is -2.35. The molecule has 0 heterocycles. The van der Waals surface area contributed by atoms with Crippen LogP contribution in [0, 0.1) is 17.7 Å². The van der Waals surface area contributed by atoms with Gasteiger partial charge >= 0.3 is 0 Å². The lowest BCUT2D eigenvalue weighted by Gasteiger charge is -2.35. The number of rotatable bonds is 5. The third kappa shape index (κ3) is 4.27. The molecule has 0 amide bonds. The summed E-state index contributed by atoms with van der Waals surface area (Å²) < 4.78 is 20.4. The minimum atomic E-state index is -0.348. The Morgan fingerprint density at radius 1 is 1.19 bits per heavy atom. The van der Waals surface area contributed by atoms with Crippen molar-refractivity contribution in [3.63, 3.8) is 0 Å². The van der Waals surface area contributed by atoms with E-state index in [2.05, 4.69) is 13.8 Å². The molecule has 1 aromatic rings. The maximum Gasteiger partial charge on any atom is 0.129 e. The smallest absolute Gasteiger partial charge is 0.129 e. The van der Waals surface area contributed by atoms with Gasteiger partial charge in [0.25, 0.3) is 0 Å². The Bertz CT molecular complexity index is 441. The van der Waals surface area contributed by atoms with Crippen molar-refractivity contribution in [3.05, 3.63) is 35.6 Å². The van der Waals surface area contributed by atoms with E-state index in [0.717, 1.165) is 19.3 Å². The van der Waals surface area contributed by atoms with Crippen LogP contribution in [-0.4, -0.2) is 12.1 Å². The molecule has 1 aliphatic rings. The Hall–Kier alpha value is -0.930. The summed E-state index contributed by atoms with van der Waals surface area (Å²) in [5, 5.41) is 0. The van der Waals surface area contributed by atoms with Gasteiger partial charge in [-0.05, 0) is 43.6 Å². The van der Waals surface area contributed by atoms with Crippen molar-refractivity contribution < 1.29 is 9.13 Å². The SMILES string of the molecule is CCC(N)C(OC1CC(C)CC(C)C1)c1ccccc1F. The fourth-order valence-electron chi connectivity index (χ4n) is 3.52. The second kappa shape index (κ2) is 7.37. The average Bonchev–Trinajstić information content (AvgIpc) is 2.44. The van der Waals surface area contributed by atoms with Crippen molar-refractivity contribution in [2.45, 2.75) is 64.7 Å². The fraction of sp³-hybridized carbons (Fsp3) is 0.667. The highest BCUT2D eigenvalue weighted by molar-refractivity contribution is 5.21. The zero-order valence-electron chi connectivity index (χ0n) is 13.4. The monoisotopic (exact) mass is 293 g/mol. The molecule has 0 radical (unpaired) electrons. The van der Waals surface area contributed by atoms with Crippen LogP contribution in [0.1, 0.15) is 58.1 Å². The Morgan fingerprint density at radius 3 is 2.38 bits per heavy atom. The van der Waals surface area contributed by atoms with Crippen LogP contribution in [0.15, 0.2) is 24.3 Å².